The number of rotatable bonds is 5. The summed E-state index contributed by atoms with van der Waals surface area (Å²) in [5, 5.41) is 7.44. The van der Waals surface area contributed by atoms with Crippen molar-refractivity contribution >= 4 is 5.91 Å². The van der Waals surface area contributed by atoms with E-state index in [1.165, 1.54) is 10.7 Å². The number of hydrogen-bond acceptors (Lipinski definition) is 3. The third kappa shape index (κ3) is 4.74. The van der Waals surface area contributed by atoms with Crippen molar-refractivity contribution < 1.29 is 4.79 Å². The monoisotopic (exact) mass is 375 g/mol. The molecule has 1 N–H and O–H groups in total. The molecule has 2 aromatic carbocycles. The van der Waals surface area contributed by atoms with Crippen LogP contribution < -0.4 is 10.9 Å². The third-order valence-corrected chi connectivity index (χ3v) is 4.53. The van der Waals surface area contributed by atoms with E-state index in [0.29, 0.717) is 5.69 Å². The first kappa shape index (κ1) is 19.5. The molecule has 0 aliphatic rings. The molecule has 3 aromatic rings. The van der Waals surface area contributed by atoms with Crippen LogP contribution in [0, 0.1) is 5.41 Å². The summed E-state index contributed by atoms with van der Waals surface area (Å²) in [5.74, 6) is -0.247. The van der Waals surface area contributed by atoms with E-state index in [-0.39, 0.29) is 29.5 Å². The zero-order valence-electron chi connectivity index (χ0n) is 16.4. The van der Waals surface area contributed by atoms with Crippen LogP contribution in [0.1, 0.15) is 32.4 Å². The van der Waals surface area contributed by atoms with Crippen molar-refractivity contribution in [1.29, 1.82) is 0 Å². The minimum Gasteiger partial charge on any atom is -0.347 e. The third-order valence-electron chi connectivity index (χ3n) is 4.53. The fraction of sp³-hybridized carbons (Fsp3) is 0.261. The van der Waals surface area contributed by atoms with Crippen LogP contribution in [0.15, 0.2) is 77.6 Å². The van der Waals surface area contributed by atoms with Gasteiger partial charge in [-0.2, -0.15) is 5.10 Å². The van der Waals surface area contributed by atoms with Crippen molar-refractivity contribution in [2.24, 2.45) is 5.41 Å². The summed E-state index contributed by atoms with van der Waals surface area (Å²) < 4.78 is 1.21. The lowest BCUT2D eigenvalue weighted by molar-refractivity contribution is -0.123. The number of benzene rings is 2. The van der Waals surface area contributed by atoms with Gasteiger partial charge in [0.05, 0.1) is 11.7 Å². The van der Waals surface area contributed by atoms with Crippen molar-refractivity contribution in [3.8, 4) is 11.3 Å². The van der Waals surface area contributed by atoms with E-state index in [1.807, 2.05) is 60.7 Å². The van der Waals surface area contributed by atoms with Crippen molar-refractivity contribution in [2.45, 2.75) is 33.4 Å². The first-order chi connectivity index (χ1) is 13.3. The average molecular weight is 375 g/mol. The molecule has 0 radical (unpaired) electrons. The molecule has 5 nitrogen and oxygen atoms in total. The van der Waals surface area contributed by atoms with Crippen molar-refractivity contribution in [2.75, 3.05) is 0 Å². The fourth-order valence-electron chi connectivity index (χ4n) is 3.11. The van der Waals surface area contributed by atoms with Gasteiger partial charge in [-0.1, -0.05) is 81.4 Å². The molecule has 5 heteroatoms. The number of nitrogens with one attached hydrogen (secondary N) is 1. The Labute approximate surface area is 165 Å². The molecule has 1 aromatic heterocycles. The highest BCUT2D eigenvalue weighted by Crippen LogP contribution is 2.32. The van der Waals surface area contributed by atoms with E-state index in [2.05, 4.69) is 31.2 Å². The highest BCUT2D eigenvalue weighted by atomic mass is 16.2. The zero-order valence-corrected chi connectivity index (χ0v) is 16.4. The normalized spacial score (nSPS) is 12.4. The predicted molar refractivity (Wildman–Crippen MR) is 111 cm³/mol. The summed E-state index contributed by atoms with van der Waals surface area (Å²) >= 11 is 0. The molecular formula is C23H25N3O2. The molecule has 0 spiro atoms. The molecule has 3 rings (SSSR count). The Bertz CT molecular complexity index is 990. The van der Waals surface area contributed by atoms with Gasteiger partial charge >= 0.3 is 0 Å². The van der Waals surface area contributed by atoms with Gasteiger partial charge in [-0.3, -0.25) is 9.59 Å². The summed E-state index contributed by atoms with van der Waals surface area (Å²) in [7, 11) is 0. The van der Waals surface area contributed by atoms with E-state index in [9.17, 15) is 9.59 Å². The standard InChI is InChI=1S/C23H25N3O2/c1-23(2,3)22(18-12-8-5-9-13-18)24-20(27)16-26-21(28)15-14-19(25-26)17-10-6-4-7-11-17/h4-15,22H,16H2,1-3H3,(H,24,27). The summed E-state index contributed by atoms with van der Waals surface area (Å²) in [6, 6.07) is 22.4. The summed E-state index contributed by atoms with van der Waals surface area (Å²) in [5.41, 5.74) is 2.10. The van der Waals surface area contributed by atoms with Gasteiger partial charge in [0.25, 0.3) is 5.56 Å². The molecule has 144 valence electrons. The largest absolute Gasteiger partial charge is 0.347 e. The molecule has 0 aliphatic carbocycles. The molecular weight excluding hydrogens is 350 g/mol. The summed E-state index contributed by atoms with van der Waals surface area (Å²) in [6.45, 7) is 6.10. The van der Waals surface area contributed by atoms with Gasteiger partial charge in [0.15, 0.2) is 0 Å². The van der Waals surface area contributed by atoms with Crippen molar-refractivity contribution in [3.05, 3.63) is 88.7 Å². The van der Waals surface area contributed by atoms with Crippen LogP contribution in [-0.2, 0) is 11.3 Å². The van der Waals surface area contributed by atoms with Gasteiger partial charge in [-0.15, -0.1) is 0 Å². The first-order valence-electron chi connectivity index (χ1n) is 9.32. The maximum Gasteiger partial charge on any atom is 0.267 e. The van der Waals surface area contributed by atoms with Gasteiger partial charge in [0.1, 0.15) is 6.54 Å². The lowest BCUT2D eigenvalue weighted by Gasteiger charge is -2.32. The fourth-order valence-corrected chi connectivity index (χ4v) is 3.11. The van der Waals surface area contributed by atoms with Crippen LogP contribution in [0.5, 0.6) is 0 Å². The van der Waals surface area contributed by atoms with Crippen LogP contribution in [0.25, 0.3) is 11.3 Å². The molecule has 1 heterocycles. The Hall–Kier alpha value is -3.21. The second-order valence-electron chi connectivity index (χ2n) is 7.86. The van der Waals surface area contributed by atoms with Gasteiger partial charge in [-0.25, -0.2) is 4.68 Å². The SMILES string of the molecule is CC(C)(C)C(NC(=O)Cn1nc(-c2ccccc2)ccc1=O)c1ccccc1. The topological polar surface area (TPSA) is 64.0 Å². The zero-order chi connectivity index (χ0) is 20.1. The van der Waals surface area contributed by atoms with Crippen molar-refractivity contribution in [3.63, 3.8) is 0 Å². The summed E-state index contributed by atoms with van der Waals surface area (Å²) in [4.78, 5) is 24.9. The van der Waals surface area contributed by atoms with E-state index in [1.54, 1.807) is 6.07 Å². The Kier molecular flexibility index (Phi) is 5.73. The predicted octanol–water partition coefficient (Wildman–Crippen LogP) is 3.81. The molecule has 1 amide bonds. The number of carbonyl (C=O) groups is 1. The van der Waals surface area contributed by atoms with Crippen LogP contribution in [0.4, 0.5) is 0 Å². The maximum atomic E-state index is 12.7. The van der Waals surface area contributed by atoms with Crippen molar-refractivity contribution in [1.82, 2.24) is 15.1 Å². The molecule has 0 saturated carbocycles. The highest BCUT2D eigenvalue weighted by molar-refractivity contribution is 5.76. The smallest absolute Gasteiger partial charge is 0.267 e. The van der Waals surface area contributed by atoms with Gasteiger partial charge in [0.2, 0.25) is 5.91 Å². The van der Waals surface area contributed by atoms with Gasteiger partial charge in [0, 0.05) is 11.6 Å². The van der Waals surface area contributed by atoms with E-state index in [4.69, 9.17) is 0 Å². The minimum absolute atomic E-state index is 0.126. The highest BCUT2D eigenvalue weighted by Gasteiger charge is 2.27. The molecule has 0 aliphatic heterocycles. The lowest BCUT2D eigenvalue weighted by Crippen LogP contribution is -2.40. The molecule has 1 unspecified atom stereocenters. The Morgan fingerprint density at radius 2 is 1.57 bits per heavy atom. The second-order valence-corrected chi connectivity index (χ2v) is 7.86. The van der Waals surface area contributed by atoms with Crippen LogP contribution in [0.3, 0.4) is 0 Å². The Balaban J connectivity index is 1.81. The molecule has 1 atom stereocenters. The van der Waals surface area contributed by atoms with Gasteiger partial charge in [-0.05, 0) is 17.0 Å². The average Bonchev–Trinajstić information content (AvgIpc) is 2.68. The first-order valence-corrected chi connectivity index (χ1v) is 9.32. The number of hydrogen-bond donors (Lipinski definition) is 1. The Morgan fingerprint density at radius 1 is 0.964 bits per heavy atom. The molecule has 0 saturated heterocycles. The van der Waals surface area contributed by atoms with E-state index >= 15 is 0 Å². The molecule has 0 fully saturated rings. The number of aromatic nitrogens is 2. The number of nitrogens with zero attached hydrogens (tertiary/aromatic N) is 2. The van der Waals surface area contributed by atoms with Gasteiger partial charge < -0.3 is 5.32 Å². The second kappa shape index (κ2) is 8.21. The molecule has 28 heavy (non-hydrogen) atoms. The quantitative estimate of drug-likeness (QED) is 0.737. The van der Waals surface area contributed by atoms with Crippen LogP contribution in [-0.4, -0.2) is 15.7 Å². The van der Waals surface area contributed by atoms with Crippen LogP contribution in [0.2, 0.25) is 0 Å². The van der Waals surface area contributed by atoms with Crippen LogP contribution >= 0.6 is 0 Å². The Morgan fingerprint density at radius 3 is 2.18 bits per heavy atom. The number of carbonyl (C=O) groups excluding carboxylic acids is 1. The van der Waals surface area contributed by atoms with E-state index < -0.39 is 0 Å². The number of amides is 1. The molecule has 0 bridgehead atoms. The lowest BCUT2D eigenvalue weighted by atomic mass is 9.82. The minimum atomic E-state index is -0.304. The summed E-state index contributed by atoms with van der Waals surface area (Å²) in [6.07, 6.45) is 0. The van der Waals surface area contributed by atoms with E-state index in [0.717, 1.165) is 11.1 Å². The maximum absolute atomic E-state index is 12.7.